The van der Waals surface area contributed by atoms with Crippen molar-refractivity contribution in [3.05, 3.63) is 17.5 Å². The molecule has 0 saturated carbocycles. The van der Waals surface area contributed by atoms with Gasteiger partial charge in [-0.25, -0.2) is 4.79 Å². The molecule has 1 aliphatic heterocycles. The summed E-state index contributed by atoms with van der Waals surface area (Å²) in [6.45, 7) is 13.4. The molecule has 1 N–H and O–H groups in total. The van der Waals surface area contributed by atoms with Gasteiger partial charge in [-0.15, -0.1) is 0 Å². The van der Waals surface area contributed by atoms with Crippen LogP contribution in [-0.2, 0) is 16.1 Å². The van der Waals surface area contributed by atoms with E-state index in [0.717, 1.165) is 24.4 Å². The second kappa shape index (κ2) is 8.10. The second-order valence-corrected chi connectivity index (χ2v) is 8.29. The molecule has 26 heavy (non-hydrogen) atoms. The molecule has 0 aromatic carbocycles. The number of carbonyl (C=O) groups excluding carboxylic acids is 2. The molecule has 1 aromatic rings. The number of hydrogen-bond acceptors (Lipinski definition) is 4. The van der Waals surface area contributed by atoms with Crippen molar-refractivity contribution < 1.29 is 14.3 Å². The van der Waals surface area contributed by atoms with E-state index in [2.05, 4.69) is 17.3 Å². The summed E-state index contributed by atoms with van der Waals surface area (Å²) in [5.74, 6) is 0.141. The van der Waals surface area contributed by atoms with Gasteiger partial charge in [-0.2, -0.15) is 5.10 Å². The summed E-state index contributed by atoms with van der Waals surface area (Å²) in [7, 11) is 0. The van der Waals surface area contributed by atoms with Crippen molar-refractivity contribution in [1.29, 1.82) is 0 Å². The number of carbonyl (C=O) groups is 2. The van der Waals surface area contributed by atoms with Crippen molar-refractivity contribution in [3.63, 3.8) is 0 Å². The molecule has 7 nitrogen and oxygen atoms in total. The monoisotopic (exact) mass is 364 g/mol. The highest BCUT2D eigenvalue weighted by molar-refractivity contribution is 5.86. The minimum atomic E-state index is -0.561. The first-order chi connectivity index (χ1) is 12.1. The van der Waals surface area contributed by atoms with Crippen molar-refractivity contribution in [2.75, 3.05) is 13.1 Å². The van der Waals surface area contributed by atoms with Gasteiger partial charge in [0.2, 0.25) is 5.91 Å². The van der Waals surface area contributed by atoms with E-state index in [1.165, 1.54) is 0 Å². The van der Waals surface area contributed by atoms with E-state index in [0.29, 0.717) is 19.5 Å². The molecular weight excluding hydrogens is 332 g/mol. The number of aryl methyl sites for hydroxylation is 2. The highest BCUT2D eigenvalue weighted by Gasteiger charge is 2.36. The molecule has 1 aliphatic rings. The molecule has 2 heterocycles. The van der Waals surface area contributed by atoms with Crippen molar-refractivity contribution in [2.45, 2.75) is 72.6 Å². The first-order valence-electron chi connectivity index (χ1n) is 9.35. The Morgan fingerprint density at radius 3 is 2.65 bits per heavy atom. The lowest BCUT2D eigenvalue weighted by atomic mass is 10.1. The largest absolute Gasteiger partial charge is 0.444 e. The molecule has 2 atom stereocenters. The maximum absolute atomic E-state index is 12.6. The minimum Gasteiger partial charge on any atom is -0.444 e. The first kappa shape index (κ1) is 20.3. The fourth-order valence-corrected chi connectivity index (χ4v) is 3.19. The Morgan fingerprint density at radius 1 is 1.38 bits per heavy atom. The van der Waals surface area contributed by atoms with Crippen LogP contribution in [0.25, 0.3) is 0 Å². The SMILES string of the molecule is Cc1cc(C)n(CC(C)CNC(=O)[C@@H]2CCCN2C(=O)OC(C)(C)C)n1. The van der Waals surface area contributed by atoms with Gasteiger partial charge >= 0.3 is 6.09 Å². The van der Waals surface area contributed by atoms with Crippen molar-refractivity contribution >= 4 is 12.0 Å². The van der Waals surface area contributed by atoms with Crippen LogP contribution < -0.4 is 5.32 Å². The Hall–Kier alpha value is -2.05. The fraction of sp³-hybridized carbons (Fsp3) is 0.737. The molecule has 2 amide bonds. The zero-order chi connectivity index (χ0) is 19.5. The third-order valence-electron chi connectivity index (χ3n) is 4.40. The molecule has 0 aliphatic carbocycles. The van der Waals surface area contributed by atoms with E-state index >= 15 is 0 Å². The summed E-state index contributed by atoms with van der Waals surface area (Å²) in [5.41, 5.74) is 1.56. The van der Waals surface area contributed by atoms with E-state index in [4.69, 9.17) is 4.74 Å². The summed E-state index contributed by atoms with van der Waals surface area (Å²) >= 11 is 0. The first-order valence-corrected chi connectivity index (χ1v) is 9.35. The molecular formula is C19H32N4O3. The minimum absolute atomic E-state index is 0.103. The average Bonchev–Trinajstić information content (AvgIpc) is 3.10. The zero-order valence-corrected chi connectivity index (χ0v) is 16.8. The summed E-state index contributed by atoms with van der Waals surface area (Å²) in [6, 6.07) is 1.61. The average molecular weight is 364 g/mol. The lowest BCUT2D eigenvalue weighted by Crippen LogP contribution is -2.48. The normalized spacial score (nSPS) is 18.7. The number of hydrogen-bond donors (Lipinski definition) is 1. The summed E-state index contributed by atoms with van der Waals surface area (Å²) in [5, 5.41) is 7.45. The number of rotatable bonds is 5. The highest BCUT2D eigenvalue weighted by atomic mass is 16.6. The van der Waals surface area contributed by atoms with Gasteiger partial charge in [0.05, 0.1) is 5.69 Å². The Balaban J connectivity index is 1.86. The van der Waals surface area contributed by atoms with Gasteiger partial charge in [0.15, 0.2) is 0 Å². The van der Waals surface area contributed by atoms with E-state index in [9.17, 15) is 9.59 Å². The lowest BCUT2D eigenvalue weighted by molar-refractivity contribution is -0.125. The number of nitrogens with zero attached hydrogens (tertiary/aromatic N) is 3. The standard InChI is InChI=1S/C19H32N4O3/c1-13(12-23-15(3)10-14(2)21-23)11-20-17(24)16-8-7-9-22(16)18(25)26-19(4,5)6/h10,13,16H,7-9,11-12H2,1-6H3,(H,20,24)/t13?,16-/m0/s1. The van der Waals surface area contributed by atoms with Crippen LogP contribution in [0.2, 0.25) is 0 Å². The predicted octanol–water partition coefficient (Wildman–Crippen LogP) is 2.65. The van der Waals surface area contributed by atoms with E-state index in [1.54, 1.807) is 4.90 Å². The lowest BCUT2D eigenvalue weighted by Gasteiger charge is -2.28. The Morgan fingerprint density at radius 2 is 2.08 bits per heavy atom. The van der Waals surface area contributed by atoms with Gasteiger partial charge in [0, 0.05) is 25.3 Å². The van der Waals surface area contributed by atoms with Crippen LogP contribution in [0.15, 0.2) is 6.07 Å². The van der Waals surface area contributed by atoms with Crippen LogP contribution >= 0.6 is 0 Å². The number of amides is 2. The predicted molar refractivity (Wildman–Crippen MR) is 99.8 cm³/mol. The molecule has 1 unspecified atom stereocenters. The van der Waals surface area contributed by atoms with E-state index in [1.807, 2.05) is 45.4 Å². The molecule has 1 saturated heterocycles. The highest BCUT2D eigenvalue weighted by Crippen LogP contribution is 2.21. The number of aromatic nitrogens is 2. The Bertz CT molecular complexity index is 648. The van der Waals surface area contributed by atoms with Crippen LogP contribution in [0.4, 0.5) is 4.79 Å². The quantitative estimate of drug-likeness (QED) is 0.871. The van der Waals surface area contributed by atoms with Crippen LogP contribution in [0, 0.1) is 19.8 Å². The number of ether oxygens (including phenoxy) is 1. The molecule has 0 radical (unpaired) electrons. The molecule has 2 rings (SSSR count). The van der Waals surface area contributed by atoms with Gasteiger partial charge < -0.3 is 10.1 Å². The van der Waals surface area contributed by atoms with E-state index in [-0.39, 0.29) is 11.8 Å². The zero-order valence-electron chi connectivity index (χ0n) is 16.8. The summed E-state index contributed by atoms with van der Waals surface area (Å²) in [6.07, 6.45) is 1.08. The fourth-order valence-electron chi connectivity index (χ4n) is 3.19. The maximum Gasteiger partial charge on any atom is 0.410 e. The van der Waals surface area contributed by atoms with Crippen LogP contribution in [0.5, 0.6) is 0 Å². The summed E-state index contributed by atoms with van der Waals surface area (Å²) in [4.78, 5) is 26.4. The smallest absolute Gasteiger partial charge is 0.410 e. The van der Waals surface area contributed by atoms with Crippen LogP contribution in [0.1, 0.15) is 51.9 Å². The van der Waals surface area contributed by atoms with Gasteiger partial charge in [-0.3, -0.25) is 14.4 Å². The van der Waals surface area contributed by atoms with Gasteiger partial charge in [0.25, 0.3) is 0 Å². The van der Waals surface area contributed by atoms with Crippen LogP contribution in [0.3, 0.4) is 0 Å². The molecule has 0 spiro atoms. The van der Waals surface area contributed by atoms with Gasteiger partial charge in [-0.05, 0) is 59.4 Å². The molecule has 146 valence electrons. The van der Waals surface area contributed by atoms with Crippen molar-refractivity contribution in [3.8, 4) is 0 Å². The maximum atomic E-state index is 12.6. The van der Waals surface area contributed by atoms with Gasteiger partial charge in [-0.1, -0.05) is 6.92 Å². The van der Waals surface area contributed by atoms with Gasteiger partial charge in [0.1, 0.15) is 11.6 Å². The third kappa shape index (κ3) is 5.47. The third-order valence-corrected chi connectivity index (χ3v) is 4.40. The molecule has 1 fully saturated rings. The Kier molecular flexibility index (Phi) is 6.31. The topological polar surface area (TPSA) is 76.5 Å². The van der Waals surface area contributed by atoms with Crippen LogP contribution in [-0.4, -0.2) is 51.4 Å². The molecule has 1 aromatic heterocycles. The number of nitrogens with one attached hydrogen (secondary N) is 1. The number of likely N-dealkylation sites (tertiary alicyclic amines) is 1. The Labute approximate surface area is 156 Å². The van der Waals surface area contributed by atoms with E-state index < -0.39 is 17.7 Å². The van der Waals surface area contributed by atoms with Crippen molar-refractivity contribution in [1.82, 2.24) is 20.0 Å². The molecule has 7 heteroatoms. The second-order valence-electron chi connectivity index (χ2n) is 8.29. The van der Waals surface area contributed by atoms with Crippen molar-refractivity contribution in [2.24, 2.45) is 5.92 Å². The molecule has 0 bridgehead atoms. The summed E-state index contributed by atoms with van der Waals surface area (Å²) < 4.78 is 7.38.